The summed E-state index contributed by atoms with van der Waals surface area (Å²) >= 11 is 6.25. The van der Waals surface area contributed by atoms with Crippen molar-refractivity contribution in [2.45, 2.75) is 19.5 Å². The van der Waals surface area contributed by atoms with Gasteiger partial charge in [-0.05, 0) is 53.9 Å². The minimum Gasteiger partial charge on any atom is -0.508 e. The van der Waals surface area contributed by atoms with Gasteiger partial charge in [-0.15, -0.1) is 0 Å². The third-order valence-corrected chi connectivity index (χ3v) is 5.92. The van der Waals surface area contributed by atoms with Gasteiger partial charge in [0.05, 0.1) is 17.0 Å². The van der Waals surface area contributed by atoms with Crippen molar-refractivity contribution in [1.82, 2.24) is 9.88 Å². The minimum atomic E-state index is -0.712. The van der Waals surface area contributed by atoms with Crippen LogP contribution in [0.25, 0.3) is 11.0 Å². The van der Waals surface area contributed by atoms with E-state index in [1.807, 2.05) is 6.07 Å². The SMILES string of the molecule is Cc1cc2oc3c(c(=O)c2cc1Cl)[C@H](c1cccc(O)c1)N(Cc1cccnc1)C3=O. The Bertz CT molecular complexity index is 1400. The number of phenolic OH excluding ortho intramolecular Hbond substituents is 1. The molecule has 1 N–H and O–H groups in total. The van der Waals surface area contributed by atoms with E-state index < -0.39 is 11.9 Å². The minimum absolute atomic E-state index is 0.0106. The van der Waals surface area contributed by atoms with Crippen molar-refractivity contribution >= 4 is 28.5 Å². The van der Waals surface area contributed by atoms with Crippen LogP contribution in [0.5, 0.6) is 5.75 Å². The van der Waals surface area contributed by atoms with Gasteiger partial charge < -0.3 is 14.4 Å². The molecule has 0 unspecified atom stereocenters. The van der Waals surface area contributed by atoms with Crippen molar-refractivity contribution in [3.05, 3.63) is 104 Å². The van der Waals surface area contributed by atoms with E-state index in [0.717, 1.165) is 11.1 Å². The van der Waals surface area contributed by atoms with Crippen LogP contribution in [0.1, 0.15) is 38.9 Å². The largest absolute Gasteiger partial charge is 0.508 e. The molecule has 0 radical (unpaired) electrons. The summed E-state index contributed by atoms with van der Waals surface area (Å²) in [4.78, 5) is 32.6. The Kier molecular flexibility index (Phi) is 4.52. The van der Waals surface area contributed by atoms with Gasteiger partial charge in [-0.2, -0.15) is 0 Å². The fraction of sp³-hybridized carbons (Fsp3) is 0.125. The maximum atomic E-state index is 13.5. The van der Waals surface area contributed by atoms with Crippen molar-refractivity contribution in [2.24, 2.45) is 0 Å². The number of hydrogen-bond acceptors (Lipinski definition) is 5. The zero-order valence-corrected chi connectivity index (χ0v) is 17.3. The van der Waals surface area contributed by atoms with E-state index in [-0.39, 0.29) is 29.0 Å². The van der Waals surface area contributed by atoms with Gasteiger partial charge in [0.2, 0.25) is 5.76 Å². The Morgan fingerprint density at radius 3 is 2.74 bits per heavy atom. The molecule has 5 rings (SSSR count). The first-order valence-corrected chi connectivity index (χ1v) is 10.1. The molecule has 0 aliphatic carbocycles. The van der Waals surface area contributed by atoms with Crippen LogP contribution in [0, 0.1) is 6.92 Å². The molecule has 0 fully saturated rings. The Morgan fingerprint density at radius 2 is 2.00 bits per heavy atom. The van der Waals surface area contributed by atoms with Crippen molar-refractivity contribution in [1.29, 1.82) is 0 Å². The first-order chi connectivity index (χ1) is 14.9. The zero-order chi connectivity index (χ0) is 21.7. The van der Waals surface area contributed by atoms with E-state index in [1.165, 1.54) is 6.07 Å². The van der Waals surface area contributed by atoms with E-state index >= 15 is 0 Å². The maximum absolute atomic E-state index is 13.5. The van der Waals surface area contributed by atoms with E-state index in [9.17, 15) is 14.7 Å². The molecule has 1 amide bonds. The molecule has 0 bridgehead atoms. The van der Waals surface area contributed by atoms with Gasteiger partial charge in [0, 0.05) is 24.0 Å². The second-order valence-electron chi connectivity index (χ2n) is 7.56. The molecule has 1 aliphatic rings. The quantitative estimate of drug-likeness (QED) is 0.511. The van der Waals surface area contributed by atoms with Gasteiger partial charge in [-0.25, -0.2) is 0 Å². The molecule has 0 spiro atoms. The van der Waals surface area contributed by atoms with Crippen molar-refractivity contribution in [3.8, 4) is 5.75 Å². The molecule has 1 atom stereocenters. The molecule has 0 saturated heterocycles. The van der Waals surface area contributed by atoms with Crippen LogP contribution in [-0.4, -0.2) is 20.9 Å². The number of carbonyl (C=O) groups excluding carboxylic acids is 1. The number of fused-ring (bicyclic) bond motifs is 2. The highest BCUT2D eigenvalue weighted by atomic mass is 35.5. The second-order valence-corrected chi connectivity index (χ2v) is 7.97. The lowest BCUT2D eigenvalue weighted by Crippen LogP contribution is -2.29. The van der Waals surface area contributed by atoms with E-state index in [4.69, 9.17) is 16.0 Å². The summed E-state index contributed by atoms with van der Waals surface area (Å²) in [6.07, 6.45) is 3.32. The predicted molar refractivity (Wildman–Crippen MR) is 116 cm³/mol. The molecule has 0 saturated carbocycles. The zero-order valence-electron chi connectivity index (χ0n) is 16.5. The fourth-order valence-corrected chi connectivity index (χ4v) is 4.20. The molecule has 7 heteroatoms. The molecule has 6 nitrogen and oxygen atoms in total. The molecule has 31 heavy (non-hydrogen) atoms. The number of rotatable bonds is 3. The number of aromatic hydroxyl groups is 1. The highest BCUT2D eigenvalue weighted by Crippen LogP contribution is 2.40. The third-order valence-electron chi connectivity index (χ3n) is 5.51. The molecule has 1 aliphatic heterocycles. The van der Waals surface area contributed by atoms with Gasteiger partial charge in [0.25, 0.3) is 5.91 Å². The standard InChI is InChI=1S/C24H17ClN2O4/c1-13-8-19-17(10-18(13)25)22(29)20-21(15-5-2-6-16(28)9-15)27(24(30)23(20)31-19)12-14-4-3-7-26-11-14/h2-11,21,28H,12H2,1H3/t21-/m0/s1. The number of aromatic nitrogens is 1. The molecule has 154 valence electrons. The summed E-state index contributed by atoms with van der Waals surface area (Å²) in [6.45, 7) is 2.04. The number of nitrogens with zero attached hydrogens (tertiary/aromatic N) is 2. The second kappa shape index (κ2) is 7.25. The first-order valence-electron chi connectivity index (χ1n) is 9.69. The van der Waals surface area contributed by atoms with Crippen LogP contribution in [0.4, 0.5) is 0 Å². The number of hydrogen-bond donors (Lipinski definition) is 1. The number of carbonyl (C=O) groups is 1. The van der Waals surface area contributed by atoms with Crippen LogP contribution in [0.2, 0.25) is 5.02 Å². The Morgan fingerprint density at radius 1 is 1.16 bits per heavy atom. The topological polar surface area (TPSA) is 83.6 Å². The summed E-state index contributed by atoms with van der Waals surface area (Å²) in [5.41, 5.74) is 2.42. The number of halogens is 1. The van der Waals surface area contributed by atoms with Gasteiger partial charge in [0.15, 0.2) is 5.43 Å². The van der Waals surface area contributed by atoms with Crippen LogP contribution in [0.15, 0.2) is 70.1 Å². The molecular formula is C24H17ClN2O4. The highest BCUT2D eigenvalue weighted by Gasteiger charge is 2.42. The molecule has 3 heterocycles. The van der Waals surface area contributed by atoms with Crippen LogP contribution < -0.4 is 5.43 Å². The number of phenols is 1. The summed E-state index contributed by atoms with van der Waals surface area (Å²) in [6, 6.07) is 12.7. The number of benzene rings is 2. The number of aryl methyl sites for hydroxylation is 1. The summed E-state index contributed by atoms with van der Waals surface area (Å²) < 4.78 is 5.96. The lowest BCUT2D eigenvalue weighted by atomic mass is 9.98. The average Bonchev–Trinajstić information content (AvgIpc) is 3.03. The first kappa shape index (κ1) is 19.3. The van der Waals surface area contributed by atoms with Gasteiger partial charge in [-0.1, -0.05) is 29.8 Å². The van der Waals surface area contributed by atoms with Gasteiger partial charge >= 0.3 is 0 Å². The Balaban J connectivity index is 1.76. The van der Waals surface area contributed by atoms with Crippen molar-refractivity contribution in [2.75, 3.05) is 0 Å². The van der Waals surface area contributed by atoms with Gasteiger partial charge in [0.1, 0.15) is 11.3 Å². The monoisotopic (exact) mass is 432 g/mol. The fourth-order valence-electron chi connectivity index (χ4n) is 4.03. The Hall–Kier alpha value is -3.64. The normalized spacial score (nSPS) is 15.5. The number of amides is 1. The summed E-state index contributed by atoms with van der Waals surface area (Å²) in [5, 5.41) is 10.8. The average molecular weight is 433 g/mol. The molecule has 4 aromatic rings. The van der Waals surface area contributed by atoms with Crippen LogP contribution >= 0.6 is 11.6 Å². The Labute approximate surface area is 182 Å². The third kappa shape index (κ3) is 3.16. The molecular weight excluding hydrogens is 416 g/mol. The van der Waals surface area contributed by atoms with E-state index in [1.54, 1.807) is 60.6 Å². The van der Waals surface area contributed by atoms with Crippen molar-refractivity contribution in [3.63, 3.8) is 0 Å². The lowest BCUT2D eigenvalue weighted by Gasteiger charge is -2.25. The predicted octanol–water partition coefficient (Wildman–Crippen LogP) is 4.60. The van der Waals surface area contributed by atoms with Crippen LogP contribution in [0.3, 0.4) is 0 Å². The van der Waals surface area contributed by atoms with Crippen LogP contribution in [-0.2, 0) is 6.54 Å². The number of pyridine rings is 1. The summed E-state index contributed by atoms with van der Waals surface area (Å²) in [5.74, 6) is -0.334. The molecule has 2 aromatic heterocycles. The van der Waals surface area contributed by atoms with E-state index in [2.05, 4.69) is 4.98 Å². The highest BCUT2D eigenvalue weighted by molar-refractivity contribution is 6.32. The summed E-state index contributed by atoms with van der Waals surface area (Å²) in [7, 11) is 0. The van der Waals surface area contributed by atoms with E-state index in [0.29, 0.717) is 21.6 Å². The molecule has 2 aromatic carbocycles. The van der Waals surface area contributed by atoms with Crippen molar-refractivity contribution < 1.29 is 14.3 Å². The maximum Gasteiger partial charge on any atom is 0.291 e. The van der Waals surface area contributed by atoms with Gasteiger partial charge in [-0.3, -0.25) is 14.6 Å². The smallest absolute Gasteiger partial charge is 0.291 e. The lowest BCUT2D eigenvalue weighted by molar-refractivity contribution is 0.0714.